The minimum Gasteiger partial charge on any atom is -0.307 e. The van der Waals surface area contributed by atoms with E-state index in [0.717, 1.165) is 33.2 Å². The topological polar surface area (TPSA) is 33.6 Å². The van der Waals surface area contributed by atoms with Crippen molar-refractivity contribution in [2.24, 2.45) is 0 Å². The summed E-state index contributed by atoms with van der Waals surface area (Å²) in [6.07, 6.45) is 0. The first-order chi connectivity index (χ1) is 23.3. The van der Waals surface area contributed by atoms with Crippen molar-refractivity contribution in [3.05, 3.63) is 157 Å². The summed E-state index contributed by atoms with van der Waals surface area (Å²) in [5, 5.41) is 17.6. The first-order valence-corrected chi connectivity index (χ1v) is 16.6. The number of benzene rings is 7. The highest BCUT2D eigenvalue weighted by atomic mass is 32.1. The first-order valence-electron chi connectivity index (χ1n) is 15.8. The van der Waals surface area contributed by atoms with E-state index in [4.69, 9.17) is 0 Å². The third-order valence-electron chi connectivity index (χ3n) is 9.57. The molecule has 0 bridgehead atoms. The van der Waals surface area contributed by atoms with Crippen molar-refractivity contribution in [3.63, 3.8) is 0 Å². The first kappa shape index (κ1) is 26.1. The number of hydrogen-bond donors (Lipinski definition) is 0. The van der Waals surface area contributed by atoms with E-state index >= 15 is 0 Å². The second-order valence-electron chi connectivity index (χ2n) is 12.0. The van der Waals surface area contributed by atoms with Crippen LogP contribution < -0.4 is 0 Å². The largest absolute Gasteiger partial charge is 0.307 e. The standard InChI is InChI=1S/C43H25N3S/c44-26-27-12-1-5-21-36(27)45-37-22-6-2-13-28(37)31-16-9-18-33(41(31)45)34-19-10-17-32-29-14-3-7-23-38(29)46(42(32)34)39-24-11-20-35-30-15-4-8-25-40(30)47-43(35)39/h1-25H. The molecule has 7 aromatic carbocycles. The maximum atomic E-state index is 10.2. The number of fused-ring (bicyclic) bond motifs is 9. The highest BCUT2D eigenvalue weighted by molar-refractivity contribution is 7.26. The smallest absolute Gasteiger partial charge is 0.101 e. The molecule has 0 atom stereocenters. The maximum absolute atomic E-state index is 10.2. The van der Waals surface area contributed by atoms with E-state index < -0.39 is 0 Å². The minimum absolute atomic E-state index is 0.647. The average Bonchev–Trinajstić information content (AvgIpc) is 3.80. The van der Waals surface area contributed by atoms with Gasteiger partial charge in [-0.1, -0.05) is 115 Å². The zero-order valence-electron chi connectivity index (χ0n) is 25.2. The van der Waals surface area contributed by atoms with E-state index in [0.29, 0.717) is 5.56 Å². The Morgan fingerprint density at radius 2 is 0.915 bits per heavy atom. The maximum Gasteiger partial charge on any atom is 0.101 e. The van der Waals surface area contributed by atoms with Gasteiger partial charge in [0.15, 0.2) is 0 Å². The van der Waals surface area contributed by atoms with Gasteiger partial charge in [0.25, 0.3) is 0 Å². The number of para-hydroxylation sites is 5. The molecule has 0 aliphatic heterocycles. The van der Waals surface area contributed by atoms with Crippen LogP contribution in [0.1, 0.15) is 5.56 Å². The third-order valence-corrected chi connectivity index (χ3v) is 10.8. The highest BCUT2D eigenvalue weighted by Crippen LogP contribution is 2.45. The lowest BCUT2D eigenvalue weighted by atomic mass is 9.99. The van der Waals surface area contributed by atoms with Gasteiger partial charge in [0.1, 0.15) is 6.07 Å². The molecular weight excluding hydrogens is 591 g/mol. The fourth-order valence-electron chi connectivity index (χ4n) is 7.64. The van der Waals surface area contributed by atoms with Gasteiger partial charge in [0.05, 0.1) is 43.7 Å². The van der Waals surface area contributed by atoms with E-state index in [1.165, 1.54) is 53.1 Å². The Balaban J connectivity index is 1.39. The van der Waals surface area contributed by atoms with Crippen LogP contribution in [0.4, 0.5) is 0 Å². The van der Waals surface area contributed by atoms with Crippen molar-refractivity contribution >= 4 is 75.1 Å². The number of rotatable bonds is 3. The lowest BCUT2D eigenvalue weighted by Crippen LogP contribution is -2.00. The van der Waals surface area contributed by atoms with Gasteiger partial charge in [-0.2, -0.15) is 5.26 Å². The molecule has 218 valence electrons. The molecule has 0 radical (unpaired) electrons. The van der Waals surface area contributed by atoms with Crippen molar-refractivity contribution in [1.29, 1.82) is 5.26 Å². The van der Waals surface area contributed by atoms with Crippen molar-refractivity contribution in [1.82, 2.24) is 9.13 Å². The molecule has 0 saturated heterocycles. The van der Waals surface area contributed by atoms with Gasteiger partial charge in [0.2, 0.25) is 0 Å². The van der Waals surface area contributed by atoms with E-state index in [2.05, 4.69) is 149 Å². The van der Waals surface area contributed by atoms with Gasteiger partial charge in [-0.25, -0.2) is 0 Å². The van der Waals surface area contributed by atoms with E-state index in [9.17, 15) is 5.26 Å². The fraction of sp³-hybridized carbons (Fsp3) is 0. The van der Waals surface area contributed by atoms with Crippen LogP contribution in [0, 0.1) is 11.3 Å². The lowest BCUT2D eigenvalue weighted by molar-refractivity contribution is 1.17. The molecular formula is C43H25N3S. The molecule has 0 N–H and O–H groups in total. The third kappa shape index (κ3) is 3.60. The molecule has 10 aromatic rings. The Bertz CT molecular complexity index is 2930. The molecule has 3 aromatic heterocycles. The Kier molecular flexibility index (Phi) is 5.51. The van der Waals surface area contributed by atoms with Gasteiger partial charge in [-0.15, -0.1) is 11.3 Å². The minimum atomic E-state index is 0.647. The molecule has 0 aliphatic rings. The lowest BCUT2D eigenvalue weighted by Gasteiger charge is -2.16. The summed E-state index contributed by atoms with van der Waals surface area (Å²) in [5.41, 5.74) is 9.54. The summed E-state index contributed by atoms with van der Waals surface area (Å²) in [6.45, 7) is 0. The van der Waals surface area contributed by atoms with Crippen LogP contribution in [-0.4, -0.2) is 9.13 Å². The number of nitrogens with zero attached hydrogens (tertiary/aromatic N) is 3. The van der Waals surface area contributed by atoms with Gasteiger partial charge in [-0.3, -0.25) is 0 Å². The molecule has 3 nitrogen and oxygen atoms in total. The Morgan fingerprint density at radius 1 is 0.426 bits per heavy atom. The summed E-state index contributed by atoms with van der Waals surface area (Å²) in [6, 6.07) is 56.4. The summed E-state index contributed by atoms with van der Waals surface area (Å²) in [7, 11) is 0. The Hall–Kier alpha value is -6.15. The quantitative estimate of drug-likeness (QED) is 0.195. The number of nitriles is 1. The SMILES string of the molecule is N#Cc1ccccc1-n1c2ccccc2c2cccc(-c3cccc4c5ccccc5n(-c5cccc6c5sc5ccccc56)c34)c21. The second kappa shape index (κ2) is 9.92. The summed E-state index contributed by atoms with van der Waals surface area (Å²) >= 11 is 1.86. The Labute approximate surface area is 274 Å². The van der Waals surface area contributed by atoms with Gasteiger partial charge < -0.3 is 9.13 Å². The summed E-state index contributed by atoms with van der Waals surface area (Å²) in [5.74, 6) is 0. The van der Waals surface area contributed by atoms with Crippen LogP contribution in [-0.2, 0) is 0 Å². The molecule has 47 heavy (non-hydrogen) atoms. The van der Waals surface area contributed by atoms with Crippen LogP contribution in [0.15, 0.2) is 152 Å². The van der Waals surface area contributed by atoms with Crippen molar-refractivity contribution in [3.8, 4) is 28.6 Å². The molecule has 3 heterocycles. The van der Waals surface area contributed by atoms with Crippen molar-refractivity contribution < 1.29 is 0 Å². The van der Waals surface area contributed by atoms with Crippen LogP contribution in [0.3, 0.4) is 0 Å². The van der Waals surface area contributed by atoms with Crippen LogP contribution in [0.2, 0.25) is 0 Å². The zero-order chi connectivity index (χ0) is 31.1. The normalized spacial score (nSPS) is 11.8. The second-order valence-corrected chi connectivity index (χ2v) is 13.0. The molecule has 0 fully saturated rings. The van der Waals surface area contributed by atoms with Crippen LogP contribution in [0.25, 0.3) is 86.3 Å². The van der Waals surface area contributed by atoms with Crippen LogP contribution in [0.5, 0.6) is 0 Å². The van der Waals surface area contributed by atoms with E-state index in [1.54, 1.807) is 0 Å². The molecule has 0 amide bonds. The Morgan fingerprint density at radius 3 is 1.60 bits per heavy atom. The number of hydrogen-bond acceptors (Lipinski definition) is 2. The van der Waals surface area contributed by atoms with Crippen LogP contribution >= 0.6 is 11.3 Å². The summed E-state index contributed by atoms with van der Waals surface area (Å²) < 4.78 is 7.34. The predicted molar refractivity (Wildman–Crippen MR) is 198 cm³/mol. The highest BCUT2D eigenvalue weighted by Gasteiger charge is 2.23. The number of thiophene rings is 1. The number of aromatic nitrogens is 2. The molecule has 10 rings (SSSR count). The van der Waals surface area contributed by atoms with Gasteiger partial charge in [0, 0.05) is 48.1 Å². The fourth-order valence-corrected chi connectivity index (χ4v) is 8.85. The van der Waals surface area contributed by atoms with Crippen molar-refractivity contribution in [2.45, 2.75) is 0 Å². The summed E-state index contributed by atoms with van der Waals surface area (Å²) in [4.78, 5) is 0. The molecule has 0 saturated carbocycles. The zero-order valence-corrected chi connectivity index (χ0v) is 26.0. The van der Waals surface area contributed by atoms with Crippen molar-refractivity contribution in [2.75, 3.05) is 0 Å². The van der Waals surface area contributed by atoms with E-state index in [1.807, 2.05) is 29.5 Å². The molecule has 4 heteroatoms. The monoisotopic (exact) mass is 615 g/mol. The predicted octanol–water partition coefficient (Wildman–Crippen LogP) is 11.8. The molecule has 0 unspecified atom stereocenters. The van der Waals surface area contributed by atoms with Gasteiger partial charge in [-0.05, 0) is 36.4 Å². The average molecular weight is 616 g/mol. The molecule has 0 spiro atoms. The molecule has 0 aliphatic carbocycles. The van der Waals surface area contributed by atoms with Gasteiger partial charge >= 0.3 is 0 Å². The van der Waals surface area contributed by atoms with E-state index in [-0.39, 0.29) is 0 Å².